The van der Waals surface area contributed by atoms with Crippen molar-refractivity contribution in [3.05, 3.63) is 18.2 Å². The molecule has 0 aromatic carbocycles. The molecule has 0 aliphatic heterocycles. The van der Waals surface area contributed by atoms with Crippen LogP contribution in [0.4, 0.5) is 0 Å². The van der Waals surface area contributed by atoms with E-state index in [-0.39, 0.29) is 12.3 Å². The van der Waals surface area contributed by atoms with E-state index >= 15 is 0 Å². The van der Waals surface area contributed by atoms with E-state index in [9.17, 15) is 9.59 Å². The number of imidazole rings is 1. The third-order valence-corrected chi connectivity index (χ3v) is 1.60. The summed E-state index contributed by atoms with van der Waals surface area (Å²) in [6.45, 7) is 0.351. The molecule has 6 nitrogen and oxygen atoms in total. The van der Waals surface area contributed by atoms with E-state index in [1.807, 2.05) is 0 Å². The molecule has 0 saturated carbocycles. The standard InChI is InChI=1S/C8H11N3O3/c12-7(13)2-1-3-10-8(14)6-4-9-5-11-6/h4-5H,1-3H2,(H,9,11)(H,10,14)(H,12,13). The fraction of sp³-hybridized carbons (Fsp3) is 0.375. The number of aromatic nitrogens is 2. The van der Waals surface area contributed by atoms with Crippen molar-refractivity contribution in [2.75, 3.05) is 6.54 Å². The van der Waals surface area contributed by atoms with Gasteiger partial charge in [-0.25, -0.2) is 4.98 Å². The Kier molecular flexibility index (Phi) is 3.66. The first-order valence-electron chi connectivity index (χ1n) is 4.18. The zero-order chi connectivity index (χ0) is 10.4. The number of rotatable bonds is 5. The van der Waals surface area contributed by atoms with E-state index in [1.54, 1.807) is 0 Å². The van der Waals surface area contributed by atoms with Crippen LogP contribution in [0.2, 0.25) is 0 Å². The predicted octanol–water partition coefficient (Wildman–Crippen LogP) is 0.00430. The first kappa shape index (κ1) is 10.2. The summed E-state index contributed by atoms with van der Waals surface area (Å²) in [6, 6.07) is 0. The van der Waals surface area contributed by atoms with Crippen molar-refractivity contribution < 1.29 is 14.7 Å². The van der Waals surface area contributed by atoms with E-state index in [4.69, 9.17) is 5.11 Å². The summed E-state index contributed by atoms with van der Waals surface area (Å²) in [4.78, 5) is 27.7. The topological polar surface area (TPSA) is 95.1 Å². The number of aromatic amines is 1. The summed E-state index contributed by atoms with van der Waals surface area (Å²) in [7, 11) is 0. The minimum atomic E-state index is -0.860. The molecule has 1 aromatic heterocycles. The molecule has 76 valence electrons. The van der Waals surface area contributed by atoms with Crippen molar-refractivity contribution in [2.24, 2.45) is 0 Å². The SMILES string of the molecule is O=C(O)CCCNC(=O)c1cnc[nH]1. The van der Waals surface area contributed by atoms with Crippen LogP contribution in [0.3, 0.4) is 0 Å². The van der Waals surface area contributed by atoms with Gasteiger partial charge >= 0.3 is 5.97 Å². The molecular formula is C8H11N3O3. The van der Waals surface area contributed by atoms with Crippen molar-refractivity contribution in [1.82, 2.24) is 15.3 Å². The van der Waals surface area contributed by atoms with Crippen molar-refractivity contribution in [2.45, 2.75) is 12.8 Å². The zero-order valence-electron chi connectivity index (χ0n) is 7.49. The van der Waals surface area contributed by atoms with Crippen LogP contribution in [0.1, 0.15) is 23.3 Å². The highest BCUT2D eigenvalue weighted by molar-refractivity contribution is 5.91. The van der Waals surface area contributed by atoms with E-state index < -0.39 is 5.97 Å². The van der Waals surface area contributed by atoms with E-state index in [0.29, 0.717) is 18.7 Å². The number of H-pyrrole nitrogens is 1. The molecule has 1 amide bonds. The Morgan fingerprint density at radius 3 is 2.93 bits per heavy atom. The molecule has 0 aliphatic rings. The average Bonchev–Trinajstić information content (AvgIpc) is 2.64. The fourth-order valence-corrected chi connectivity index (χ4v) is 0.917. The first-order valence-corrected chi connectivity index (χ1v) is 4.18. The van der Waals surface area contributed by atoms with Crippen LogP contribution in [0.25, 0.3) is 0 Å². The van der Waals surface area contributed by atoms with Gasteiger partial charge in [0, 0.05) is 13.0 Å². The third-order valence-electron chi connectivity index (χ3n) is 1.60. The molecule has 0 saturated heterocycles. The third kappa shape index (κ3) is 3.26. The Morgan fingerprint density at radius 1 is 1.57 bits per heavy atom. The normalized spacial score (nSPS) is 9.71. The largest absolute Gasteiger partial charge is 0.481 e. The molecule has 0 bridgehead atoms. The van der Waals surface area contributed by atoms with Crippen LogP contribution in [0.5, 0.6) is 0 Å². The molecule has 1 heterocycles. The highest BCUT2D eigenvalue weighted by atomic mass is 16.4. The lowest BCUT2D eigenvalue weighted by Crippen LogP contribution is -2.25. The summed E-state index contributed by atoms with van der Waals surface area (Å²) < 4.78 is 0. The van der Waals surface area contributed by atoms with Crippen LogP contribution < -0.4 is 5.32 Å². The van der Waals surface area contributed by atoms with Crippen LogP contribution in [-0.2, 0) is 4.79 Å². The van der Waals surface area contributed by atoms with Gasteiger partial charge in [0.2, 0.25) is 0 Å². The van der Waals surface area contributed by atoms with Gasteiger partial charge in [0.15, 0.2) is 0 Å². The Morgan fingerprint density at radius 2 is 2.36 bits per heavy atom. The van der Waals surface area contributed by atoms with Crippen molar-refractivity contribution in [3.63, 3.8) is 0 Å². The lowest BCUT2D eigenvalue weighted by molar-refractivity contribution is -0.137. The number of nitrogens with zero attached hydrogens (tertiary/aromatic N) is 1. The summed E-state index contributed by atoms with van der Waals surface area (Å²) in [5.74, 6) is -1.13. The van der Waals surface area contributed by atoms with Crippen molar-refractivity contribution in [1.29, 1.82) is 0 Å². The number of aliphatic carboxylic acids is 1. The molecule has 1 rings (SSSR count). The van der Waals surface area contributed by atoms with Gasteiger partial charge in [0.05, 0.1) is 12.5 Å². The second-order valence-corrected chi connectivity index (χ2v) is 2.72. The molecule has 0 aliphatic carbocycles. The van der Waals surface area contributed by atoms with Gasteiger partial charge in [-0.2, -0.15) is 0 Å². The molecular weight excluding hydrogens is 186 g/mol. The second-order valence-electron chi connectivity index (χ2n) is 2.72. The molecule has 0 fully saturated rings. The van der Waals surface area contributed by atoms with Gasteiger partial charge in [-0.3, -0.25) is 9.59 Å². The molecule has 1 aromatic rings. The molecule has 6 heteroatoms. The number of carbonyl (C=O) groups excluding carboxylic acids is 1. The maximum Gasteiger partial charge on any atom is 0.303 e. The minimum Gasteiger partial charge on any atom is -0.481 e. The maximum absolute atomic E-state index is 11.2. The number of carboxylic acid groups (broad SMARTS) is 1. The highest BCUT2D eigenvalue weighted by Crippen LogP contribution is 1.91. The second kappa shape index (κ2) is 5.00. The molecule has 0 spiro atoms. The number of amides is 1. The molecule has 14 heavy (non-hydrogen) atoms. The highest BCUT2D eigenvalue weighted by Gasteiger charge is 2.05. The van der Waals surface area contributed by atoms with Gasteiger partial charge in [-0.05, 0) is 6.42 Å². The quantitative estimate of drug-likeness (QED) is 0.579. The van der Waals surface area contributed by atoms with Crippen molar-refractivity contribution >= 4 is 11.9 Å². The maximum atomic E-state index is 11.2. The summed E-state index contributed by atoms with van der Waals surface area (Å²) >= 11 is 0. The lowest BCUT2D eigenvalue weighted by Gasteiger charge is -2.00. The first-order chi connectivity index (χ1) is 6.70. The Hall–Kier alpha value is -1.85. The lowest BCUT2D eigenvalue weighted by atomic mass is 10.3. The van der Waals surface area contributed by atoms with Crippen LogP contribution >= 0.6 is 0 Å². The summed E-state index contributed by atoms with van der Waals surface area (Å²) in [5.41, 5.74) is 0.375. The number of carbonyl (C=O) groups is 2. The number of hydrogen-bond acceptors (Lipinski definition) is 3. The molecule has 0 radical (unpaired) electrons. The summed E-state index contributed by atoms with van der Waals surface area (Å²) in [5, 5.41) is 10.9. The Balaban J connectivity index is 2.19. The van der Waals surface area contributed by atoms with Gasteiger partial charge in [0.25, 0.3) is 5.91 Å². The summed E-state index contributed by atoms with van der Waals surface area (Å²) in [6.07, 6.45) is 3.30. The minimum absolute atomic E-state index is 0.0588. The Labute approximate surface area is 80.4 Å². The number of hydrogen-bond donors (Lipinski definition) is 3. The van der Waals surface area contributed by atoms with Crippen LogP contribution in [-0.4, -0.2) is 33.5 Å². The smallest absolute Gasteiger partial charge is 0.303 e. The van der Waals surface area contributed by atoms with Gasteiger partial charge in [0.1, 0.15) is 5.69 Å². The number of nitrogens with one attached hydrogen (secondary N) is 2. The van der Waals surface area contributed by atoms with Gasteiger partial charge in [-0.1, -0.05) is 0 Å². The average molecular weight is 197 g/mol. The molecule has 3 N–H and O–H groups in total. The van der Waals surface area contributed by atoms with Crippen LogP contribution in [0.15, 0.2) is 12.5 Å². The zero-order valence-corrected chi connectivity index (χ0v) is 7.49. The van der Waals surface area contributed by atoms with E-state index in [1.165, 1.54) is 12.5 Å². The predicted molar refractivity (Wildman–Crippen MR) is 47.8 cm³/mol. The monoisotopic (exact) mass is 197 g/mol. The van der Waals surface area contributed by atoms with E-state index in [2.05, 4.69) is 15.3 Å². The van der Waals surface area contributed by atoms with Gasteiger partial charge in [-0.15, -0.1) is 0 Å². The Bertz CT molecular complexity index is 308. The molecule has 0 atom stereocenters. The molecule has 0 unspecified atom stereocenters. The van der Waals surface area contributed by atoms with Crippen molar-refractivity contribution in [3.8, 4) is 0 Å². The fourth-order valence-electron chi connectivity index (χ4n) is 0.917. The number of carboxylic acids is 1. The van der Waals surface area contributed by atoms with Gasteiger partial charge < -0.3 is 15.4 Å². The van der Waals surface area contributed by atoms with E-state index in [0.717, 1.165) is 0 Å². The van der Waals surface area contributed by atoms with Crippen LogP contribution in [0, 0.1) is 0 Å².